The van der Waals surface area contributed by atoms with E-state index in [-0.39, 0.29) is 36.9 Å². The van der Waals surface area contributed by atoms with Crippen LogP contribution in [-0.2, 0) is 24.2 Å². The predicted octanol–water partition coefficient (Wildman–Crippen LogP) is 4.64. The Hall–Kier alpha value is -2.94. The molecule has 0 saturated carbocycles. The first-order valence-electron chi connectivity index (χ1n) is 12.3. The summed E-state index contributed by atoms with van der Waals surface area (Å²) >= 11 is 0. The van der Waals surface area contributed by atoms with E-state index in [1.807, 2.05) is 29.2 Å². The van der Waals surface area contributed by atoms with Gasteiger partial charge in [0.2, 0.25) is 0 Å². The quantitative estimate of drug-likeness (QED) is 0.356. The molecule has 0 radical (unpaired) electrons. The van der Waals surface area contributed by atoms with E-state index in [0.717, 1.165) is 67.8 Å². The third kappa shape index (κ3) is 6.32. The number of benzene rings is 2. The van der Waals surface area contributed by atoms with Crippen molar-refractivity contribution in [1.29, 1.82) is 5.41 Å². The Morgan fingerprint density at radius 2 is 1.81 bits per heavy atom. The van der Waals surface area contributed by atoms with Gasteiger partial charge in [-0.05, 0) is 73.7 Å². The van der Waals surface area contributed by atoms with E-state index < -0.39 is 0 Å². The summed E-state index contributed by atoms with van der Waals surface area (Å²) in [4.78, 5) is 16.7. The highest BCUT2D eigenvalue weighted by Crippen LogP contribution is 2.27. The first-order chi connectivity index (χ1) is 17.0. The lowest BCUT2D eigenvalue weighted by Gasteiger charge is -2.32. The third-order valence-corrected chi connectivity index (χ3v) is 7.25. The number of nitrogens with two attached hydrogens (primary N) is 1. The van der Waals surface area contributed by atoms with Gasteiger partial charge in [0, 0.05) is 30.7 Å². The van der Waals surface area contributed by atoms with Gasteiger partial charge in [-0.2, -0.15) is 0 Å². The lowest BCUT2D eigenvalue weighted by molar-refractivity contribution is 0.133. The third-order valence-electron chi connectivity index (χ3n) is 7.25. The molecule has 0 spiro atoms. The van der Waals surface area contributed by atoms with Crippen LogP contribution < -0.4 is 10.5 Å². The molecule has 3 aromatic rings. The topological polar surface area (TPSA) is 96.8 Å². The Balaban J connectivity index is 0.00000190. The molecule has 1 aromatic heterocycles. The van der Waals surface area contributed by atoms with Gasteiger partial charge < -0.3 is 20.1 Å². The van der Waals surface area contributed by atoms with Gasteiger partial charge in [0.1, 0.15) is 5.75 Å². The van der Waals surface area contributed by atoms with Crippen LogP contribution in [0.5, 0.6) is 5.75 Å². The van der Waals surface area contributed by atoms with Gasteiger partial charge in [-0.15, -0.1) is 24.8 Å². The molecule has 8 nitrogen and oxygen atoms in total. The van der Waals surface area contributed by atoms with E-state index in [0.29, 0.717) is 19.1 Å². The standard InChI is InChI=1S/C27H33N5O3.2ClH/c1-34-27(33)32-23(14-21-4-2-3-5-25(21)32)17-30-11-8-19(9-12-30)18-35-24-7-6-20-10-13-31(26(28)29)16-22(20)15-24;;/h2-7,14-15,19H,8-13,16-18H2,1H3,(H3,28,29);2*1H. The van der Waals surface area contributed by atoms with E-state index in [2.05, 4.69) is 29.2 Å². The van der Waals surface area contributed by atoms with Crippen molar-refractivity contribution in [1.82, 2.24) is 14.4 Å². The molecule has 5 rings (SSSR count). The van der Waals surface area contributed by atoms with Crippen LogP contribution in [0.2, 0.25) is 0 Å². The van der Waals surface area contributed by atoms with Crippen LogP contribution in [-0.4, -0.2) is 59.8 Å². The summed E-state index contributed by atoms with van der Waals surface area (Å²) in [5.74, 6) is 1.52. The molecule has 200 valence electrons. The Labute approximate surface area is 230 Å². The van der Waals surface area contributed by atoms with Gasteiger partial charge in [-0.1, -0.05) is 24.3 Å². The summed E-state index contributed by atoms with van der Waals surface area (Å²) < 4.78 is 12.9. The SMILES string of the molecule is COC(=O)n1c(CN2CCC(COc3ccc4c(c3)CN(C(=N)N)CC4)CC2)cc2ccccc21.Cl.Cl. The van der Waals surface area contributed by atoms with Gasteiger partial charge in [-0.25, -0.2) is 9.36 Å². The van der Waals surface area contributed by atoms with Crippen LogP contribution in [0.25, 0.3) is 10.9 Å². The van der Waals surface area contributed by atoms with Crippen molar-refractivity contribution in [3.05, 3.63) is 65.4 Å². The number of likely N-dealkylation sites (tertiary alicyclic amines) is 1. The largest absolute Gasteiger partial charge is 0.493 e. The average Bonchev–Trinajstić information content (AvgIpc) is 3.25. The molecule has 2 aromatic carbocycles. The van der Waals surface area contributed by atoms with E-state index >= 15 is 0 Å². The monoisotopic (exact) mass is 547 g/mol. The van der Waals surface area contributed by atoms with Crippen LogP contribution in [0, 0.1) is 11.3 Å². The molecule has 3 heterocycles. The zero-order chi connectivity index (χ0) is 24.4. The minimum absolute atomic E-state index is 0. The molecular weight excluding hydrogens is 513 g/mol. The molecular formula is C27H35Cl2N5O3. The highest BCUT2D eigenvalue weighted by Gasteiger charge is 2.23. The van der Waals surface area contributed by atoms with Crippen molar-refractivity contribution in [3.8, 4) is 5.75 Å². The maximum atomic E-state index is 12.5. The van der Waals surface area contributed by atoms with E-state index in [9.17, 15) is 4.79 Å². The molecule has 10 heteroatoms. The molecule has 0 atom stereocenters. The van der Waals surface area contributed by atoms with Crippen LogP contribution in [0.3, 0.4) is 0 Å². The number of piperidine rings is 1. The number of para-hydroxylation sites is 1. The van der Waals surface area contributed by atoms with E-state index in [1.54, 1.807) is 4.57 Å². The predicted molar refractivity (Wildman–Crippen MR) is 150 cm³/mol. The number of methoxy groups -OCH3 is 1. The lowest BCUT2D eigenvalue weighted by atomic mass is 9.97. The number of carbonyl (C=O) groups excluding carboxylic acids is 1. The van der Waals surface area contributed by atoms with Crippen LogP contribution in [0.15, 0.2) is 48.5 Å². The molecule has 1 saturated heterocycles. The van der Waals surface area contributed by atoms with Crippen molar-refractivity contribution < 1.29 is 14.3 Å². The Kier molecular flexibility index (Phi) is 9.70. The fraction of sp³-hybridized carbons (Fsp3) is 0.407. The summed E-state index contributed by atoms with van der Waals surface area (Å²) in [6, 6.07) is 16.3. The number of halogens is 2. The van der Waals surface area contributed by atoms with Gasteiger partial charge in [0.15, 0.2) is 5.96 Å². The number of hydrogen-bond acceptors (Lipinski definition) is 5. The Bertz CT molecular complexity index is 1240. The molecule has 2 aliphatic rings. The number of guanidine groups is 1. The summed E-state index contributed by atoms with van der Waals surface area (Å²) in [6.07, 6.45) is 2.67. The first kappa shape index (κ1) is 28.6. The molecule has 0 bridgehead atoms. The zero-order valence-electron chi connectivity index (χ0n) is 21.0. The maximum absolute atomic E-state index is 12.5. The lowest BCUT2D eigenvalue weighted by Crippen LogP contribution is -2.40. The molecule has 1 fully saturated rings. The minimum atomic E-state index is -0.346. The van der Waals surface area contributed by atoms with Gasteiger partial charge in [-0.3, -0.25) is 10.3 Å². The van der Waals surface area contributed by atoms with Gasteiger partial charge >= 0.3 is 6.09 Å². The number of rotatable bonds is 5. The number of aromatic nitrogens is 1. The number of nitrogens with one attached hydrogen (secondary N) is 1. The van der Waals surface area contributed by atoms with Crippen molar-refractivity contribution in [2.45, 2.75) is 32.4 Å². The number of ether oxygens (including phenoxy) is 2. The second-order valence-electron chi connectivity index (χ2n) is 9.52. The zero-order valence-corrected chi connectivity index (χ0v) is 22.7. The smallest absolute Gasteiger partial charge is 0.418 e. The van der Waals surface area contributed by atoms with E-state index in [4.69, 9.17) is 20.6 Å². The molecule has 0 aliphatic carbocycles. The minimum Gasteiger partial charge on any atom is -0.493 e. The van der Waals surface area contributed by atoms with Crippen molar-refractivity contribution in [2.24, 2.45) is 11.7 Å². The fourth-order valence-corrected chi connectivity index (χ4v) is 5.22. The average molecular weight is 549 g/mol. The Morgan fingerprint density at radius 1 is 1.05 bits per heavy atom. The van der Waals surface area contributed by atoms with Crippen molar-refractivity contribution in [2.75, 3.05) is 33.4 Å². The normalized spacial score (nSPS) is 15.9. The van der Waals surface area contributed by atoms with Gasteiger partial charge in [0.25, 0.3) is 0 Å². The molecule has 3 N–H and O–H groups in total. The second-order valence-corrected chi connectivity index (χ2v) is 9.52. The van der Waals surface area contributed by atoms with Crippen LogP contribution >= 0.6 is 24.8 Å². The molecule has 2 aliphatic heterocycles. The highest BCUT2D eigenvalue weighted by atomic mass is 35.5. The van der Waals surface area contributed by atoms with Gasteiger partial charge in [0.05, 0.1) is 19.2 Å². The summed E-state index contributed by atoms with van der Waals surface area (Å²) in [5, 5.41) is 8.75. The maximum Gasteiger partial charge on any atom is 0.418 e. The number of fused-ring (bicyclic) bond motifs is 2. The van der Waals surface area contributed by atoms with E-state index in [1.165, 1.54) is 18.2 Å². The van der Waals surface area contributed by atoms with Crippen molar-refractivity contribution >= 4 is 47.8 Å². The number of carbonyl (C=O) groups is 1. The Morgan fingerprint density at radius 3 is 2.54 bits per heavy atom. The summed E-state index contributed by atoms with van der Waals surface area (Å²) in [6.45, 7) is 4.81. The molecule has 0 amide bonds. The number of nitrogens with zero attached hydrogens (tertiary/aromatic N) is 3. The molecule has 0 unspecified atom stereocenters. The fourth-order valence-electron chi connectivity index (χ4n) is 5.22. The van der Waals surface area contributed by atoms with Crippen molar-refractivity contribution in [3.63, 3.8) is 0 Å². The second kappa shape index (κ2) is 12.5. The number of hydrogen-bond donors (Lipinski definition) is 2. The summed E-state index contributed by atoms with van der Waals surface area (Å²) in [7, 11) is 1.42. The first-order valence-corrected chi connectivity index (χ1v) is 12.3. The molecule has 37 heavy (non-hydrogen) atoms. The van der Waals surface area contributed by atoms with Crippen LogP contribution in [0.1, 0.15) is 29.7 Å². The van der Waals surface area contributed by atoms with Crippen LogP contribution in [0.4, 0.5) is 4.79 Å². The highest BCUT2D eigenvalue weighted by molar-refractivity contribution is 5.90. The summed E-state index contributed by atoms with van der Waals surface area (Å²) in [5.41, 5.74) is 10.0.